The number of nitriles is 1. The Morgan fingerprint density at radius 1 is 1.19 bits per heavy atom. The summed E-state index contributed by atoms with van der Waals surface area (Å²) >= 11 is 0. The lowest BCUT2D eigenvalue weighted by Crippen LogP contribution is -2.28. The minimum atomic E-state index is -5.28. The number of nitrogens with two attached hydrogens (primary N) is 1. The number of carbonyl (C=O) groups excluding carboxylic acids is 2. The summed E-state index contributed by atoms with van der Waals surface area (Å²) in [5.41, 5.74) is 6.83. The van der Waals surface area contributed by atoms with E-state index in [-0.39, 0.29) is 29.9 Å². The van der Waals surface area contributed by atoms with Crippen molar-refractivity contribution in [3.8, 4) is 11.8 Å². The largest absolute Gasteiger partial charge is 0.491 e. The molecule has 0 aliphatic rings. The van der Waals surface area contributed by atoms with Gasteiger partial charge >= 0.3 is 18.1 Å². The van der Waals surface area contributed by atoms with E-state index in [2.05, 4.69) is 4.74 Å². The van der Waals surface area contributed by atoms with Gasteiger partial charge in [-0.25, -0.2) is 9.59 Å². The molecule has 160 valence electrons. The number of aromatic nitrogens is 1. The summed E-state index contributed by atoms with van der Waals surface area (Å²) in [4.78, 5) is 24.3. The number of esters is 2. The average Bonchev–Trinajstić information content (AvgIpc) is 3.00. The maximum atomic E-state index is 12.9. The third-order valence-corrected chi connectivity index (χ3v) is 4.33. The number of hydrogen-bond acceptors (Lipinski definition) is 6. The van der Waals surface area contributed by atoms with E-state index in [4.69, 9.17) is 15.7 Å². The molecule has 1 aromatic heterocycles. The van der Waals surface area contributed by atoms with E-state index in [1.165, 1.54) is 29.7 Å². The molecule has 7 nitrogen and oxygen atoms in total. The van der Waals surface area contributed by atoms with Gasteiger partial charge in [-0.05, 0) is 42.8 Å². The van der Waals surface area contributed by atoms with Crippen molar-refractivity contribution >= 4 is 28.5 Å². The zero-order chi connectivity index (χ0) is 22.8. The van der Waals surface area contributed by atoms with Crippen LogP contribution < -0.4 is 10.5 Å². The third kappa shape index (κ3) is 4.45. The second kappa shape index (κ2) is 8.39. The van der Waals surface area contributed by atoms with Crippen molar-refractivity contribution < 1.29 is 32.2 Å². The first-order chi connectivity index (χ1) is 14.7. The summed E-state index contributed by atoms with van der Waals surface area (Å²) in [5, 5.41) is 9.15. The number of fused-ring (bicyclic) bond motifs is 1. The minimum absolute atomic E-state index is 0.00630. The normalized spacial score (nSPS) is 11.2. The average molecular weight is 431 g/mol. The highest BCUT2D eigenvalue weighted by atomic mass is 19.4. The van der Waals surface area contributed by atoms with E-state index < -0.39 is 23.9 Å². The van der Waals surface area contributed by atoms with E-state index in [1.54, 1.807) is 24.3 Å². The van der Waals surface area contributed by atoms with Crippen molar-refractivity contribution in [3.63, 3.8) is 0 Å². The Hall–Kier alpha value is -4.00. The van der Waals surface area contributed by atoms with Crippen molar-refractivity contribution in [2.45, 2.75) is 19.6 Å². The first-order valence-corrected chi connectivity index (χ1v) is 9.02. The van der Waals surface area contributed by atoms with Crippen LogP contribution in [-0.4, -0.2) is 29.3 Å². The topological polar surface area (TPSA) is 107 Å². The number of nitrogens with zero attached hydrogens (tertiary/aromatic N) is 2. The highest BCUT2D eigenvalue weighted by Crippen LogP contribution is 2.37. The molecule has 0 saturated heterocycles. The third-order valence-electron chi connectivity index (χ3n) is 4.33. The maximum Gasteiger partial charge on any atom is 0.491 e. The van der Waals surface area contributed by atoms with Gasteiger partial charge in [0.2, 0.25) is 0 Å². The van der Waals surface area contributed by atoms with Crippen molar-refractivity contribution in [3.05, 3.63) is 59.3 Å². The van der Waals surface area contributed by atoms with E-state index in [9.17, 15) is 22.8 Å². The van der Waals surface area contributed by atoms with Crippen molar-refractivity contribution in [1.29, 1.82) is 5.26 Å². The molecule has 0 fully saturated rings. The fourth-order valence-corrected chi connectivity index (χ4v) is 3.08. The van der Waals surface area contributed by atoms with Crippen LogP contribution in [0.25, 0.3) is 10.9 Å². The number of ether oxygens (including phenoxy) is 2. The van der Waals surface area contributed by atoms with Gasteiger partial charge in [-0.3, -0.25) is 0 Å². The molecule has 0 radical (unpaired) electrons. The molecule has 0 amide bonds. The molecule has 2 N–H and O–H groups in total. The molecule has 1 heterocycles. The summed E-state index contributed by atoms with van der Waals surface area (Å²) in [7, 11) is 0. The molecule has 0 saturated carbocycles. The second-order valence-corrected chi connectivity index (χ2v) is 6.46. The molecule has 0 aliphatic carbocycles. The van der Waals surface area contributed by atoms with E-state index in [0.717, 1.165) is 0 Å². The van der Waals surface area contributed by atoms with Gasteiger partial charge in [-0.1, -0.05) is 12.1 Å². The van der Waals surface area contributed by atoms with Crippen molar-refractivity contribution in [2.75, 3.05) is 12.3 Å². The first kappa shape index (κ1) is 21.7. The summed E-state index contributed by atoms with van der Waals surface area (Å²) in [6.07, 6.45) is -5.28. The lowest BCUT2D eigenvalue weighted by atomic mass is 10.1. The number of anilines is 1. The van der Waals surface area contributed by atoms with Crippen LogP contribution in [0.1, 0.15) is 28.5 Å². The molecule has 0 bridgehead atoms. The SMILES string of the molecule is CCOC(=O)c1c(OC(=O)C(F)(F)F)c2cc(N)ccc2n1Cc1cccc(C#N)c1. The van der Waals surface area contributed by atoms with E-state index >= 15 is 0 Å². The summed E-state index contributed by atoms with van der Waals surface area (Å²) < 4.78 is 49.6. The number of alkyl halides is 3. The van der Waals surface area contributed by atoms with Gasteiger partial charge in [-0.2, -0.15) is 18.4 Å². The molecule has 0 atom stereocenters. The minimum Gasteiger partial charge on any atom is -0.461 e. The number of hydrogen-bond donors (Lipinski definition) is 1. The Morgan fingerprint density at radius 2 is 1.94 bits per heavy atom. The standard InChI is InChI=1S/C21H16F3N3O4/c1-2-30-19(28)17-18(31-20(29)21(22,23)24)15-9-14(26)6-7-16(15)27(17)11-13-5-3-4-12(8-13)10-25/h3-9H,2,11,26H2,1H3. The summed E-state index contributed by atoms with van der Waals surface area (Å²) in [5.74, 6) is -4.05. The van der Waals surface area contributed by atoms with Crippen LogP contribution in [0.5, 0.6) is 5.75 Å². The van der Waals surface area contributed by atoms with E-state index in [1.807, 2.05) is 6.07 Å². The van der Waals surface area contributed by atoms with Crippen molar-refractivity contribution in [2.24, 2.45) is 0 Å². The van der Waals surface area contributed by atoms with Crippen LogP contribution in [0.4, 0.5) is 18.9 Å². The molecule has 3 aromatic rings. The Balaban J connectivity index is 2.26. The number of carbonyl (C=O) groups is 2. The zero-order valence-corrected chi connectivity index (χ0v) is 16.2. The Kier molecular flexibility index (Phi) is 5.88. The molecular formula is C21H16F3N3O4. The summed E-state index contributed by atoms with van der Waals surface area (Å²) in [6.45, 7) is 1.47. The monoisotopic (exact) mass is 431 g/mol. The maximum absolute atomic E-state index is 12.9. The summed E-state index contributed by atoms with van der Waals surface area (Å²) in [6, 6.07) is 12.7. The highest BCUT2D eigenvalue weighted by Gasteiger charge is 2.43. The van der Waals surface area contributed by atoms with Gasteiger partial charge in [0.1, 0.15) is 0 Å². The van der Waals surface area contributed by atoms with Crippen molar-refractivity contribution in [1.82, 2.24) is 4.57 Å². The fraction of sp³-hybridized carbons (Fsp3) is 0.190. The predicted molar refractivity (Wildman–Crippen MR) is 104 cm³/mol. The molecular weight excluding hydrogens is 415 g/mol. The van der Waals surface area contributed by atoms with Gasteiger partial charge in [0.15, 0.2) is 11.4 Å². The van der Waals surface area contributed by atoms with Crippen LogP contribution in [-0.2, 0) is 16.1 Å². The van der Waals surface area contributed by atoms with Gasteiger partial charge < -0.3 is 19.8 Å². The van der Waals surface area contributed by atoms with Crippen LogP contribution >= 0.6 is 0 Å². The van der Waals surface area contributed by atoms with Crippen LogP contribution in [0.2, 0.25) is 0 Å². The Morgan fingerprint density at radius 3 is 2.58 bits per heavy atom. The quantitative estimate of drug-likeness (QED) is 0.487. The van der Waals surface area contributed by atoms with Gasteiger partial charge in [0, 0.05) is 17.6 Å². The molecule has 10 heteroatoms. The van der Waals surface area contributed by atoms with Crippen LogP contribution in [0.3, 0.4) is 0 Å². The number of rotatable bonds is 5. The molecule has 3 rings (SSSR count). The second-order valence-electron chi connectivity index (χ2n) is 6.46. The van der Waals surface area contributed by atoms with E-state index in [0.29, 0.717) is 16.6 Å². The van der Waals surface area contributed by atoms with Gasteiger partial charge in [0.05, 0.1) is 23.8 Å². The predicted octanol–water partition coefficient (Wildman–Crippen LogP) is 3.79. The van der Waals surface area contributed by atoms with Crippen LogP contribution in [0.15, 0.2) is 42.5 Å². The number of benzene rings is 2. The first-order valence-electron chi connectivity index (χ1n) is 9.02. The number of nitrogen functional groups attached to an aromatic ring is 1. The Labute approximate surface area is 174 Å². The zero-order valence-electron chi connectivity index (χ0n) is 16.2. The Bertz CT molecular complexity index is 1210. The van der Waals surface area contributed by atoms with Crippen LogP contribution in [0, 0.1) is 11.3 Å². The van der Waals surface area contributed by atoms with Gasteiger partial charge in [0.25, 0.3) is 0 Å². The molecule has 0 aliphatic heterocycles. The number of halogens is 3. The molecule has 31 heavy (non-hydrogen) atoms. The molecule has 0 unspecified atom stereocenters. The molecule has 0 spiro atoms. The smallest absolute Gasteiger partial charge is 0.461 e. The lowest BCUT2D eigenvalue weighted by molar-refractivity contribution is -0.189. The lowest BCUT2D eigenvalue weighted by Gasteiger charge is -2.12. The fourth-order valence-electron chi connectivity index (χ4n) is 3.08. The highest BCUT2D eigenvalue weighted by molar-refractivity contribution is 6.04. The molecule has 2 aromatic carbocycles. The van der Waals surface area contributed by atoms with Gasteiger partial charge in [-0.15, -0.1) is 0 Å².